The Morgan fingerprint density at radius 2 is 2.04 bits per heavy atom. The fraction of sp³-hybridized carbons (Fsp3) is 0.444. The van der Waals surface area contributed by atoms with Crippen molar-refractivity contribution in [2.24, 2.45) is 4.99 Å². The number of nitrogens with one attached hydrogen (secondary N) is 1. The molecule has 9 heteroatoms. The predicted molar refractivity (Wildman–Crippen MR) is 109 cm³/mol. The molecule has 0 saturated heterocycles. The van der Waals surface area contributed by atoms with Gasteiger partial charge in [0.2, 0.25) is 0 Å². The summed E-state index contributed by atoms with van der Waals surface area (Å²) in [5.41, 5.74) is 1.93. The average Bonchev–Trinajstić information content (AvgIpc) is 3.09. The van der Waals surface area contributed by atoms with Crippen LogP contribution < -0.4 is 5.32 Å². The number of benzene rings is 1. The van der Waals surface area contributed by atoms with Gasteiger partial charge in [-0.25, -0.2) is 13.4 Å². The number of nitrogens with zero attached hydrogens (tertiary/aromatic N) is 3. The van der Waals surface area contributed by atoms with E-state index in [-0.39, 0.29) is 6.10 Å². The van der Waals surface area contributed by atoms with E-state index in [4.69, 9.17) is 4.74 Å². The summed E-state index contributed by atoms with van der Waals surface area (Å²) in [5.74, 6) is 0.733. The first-order chi connectivity index (χ1) is 12.7. The zero-order valence-corrected chi connectivity index (χ0v) is 17.9. The summed E-state index contributed by atoms with van der Waals surface area (Å²) in [6, 6.07) is 6.84. The smallest absolute Gasteiger partial charge is 0.194 e. The lowest BCUT2D eigenvalue weighted by Crippen LogP contribution is -2.38. The van der Waals surface area contributed by atoms with E-state index in [0.29, 0.717) is 18.0 Å². The van der Waals surface area contributed by atoms with Crippen molar-refractivity contribution < 1.29 is 13.2 Å². The van der Waals surface area contributed by atoms with Crippen LogP contribution in [0.2, 0.25) is 0 Å². The van der Waals surface area contributed by atoms with Crippen molar-refractivity contribution in [3.8, 4) is 0 Å². The van der Waals surface area contributed by atoms with Crippen LogP contribution in [0.3, 0.4) is 0 Å². The summed E-state index contributed by atoms with van der Waals surface area (Å²) < 4.78 is 28.4. The highest BCUT2D eigenvalue weighted by Gasteiger charge is 2.13. The molecule has 1 N–H and O–H groups in total. The zero-order chi connectivity index (χ0) is 20.0. The molecule has 0 fully saturated rings. The fourth-order valence-corrected chi connectivity index (χ4v) is 3.89. The van der Waals surface area contributed by atoms with Crippen molar-refractivity contribution in [2.45, 2.75) is 31.0 Å². The van der Waals surface area contributed by atoms with E-state index in [1.54, 1.807) is 49.8 Å². The number of aliphatic imine (C=N–C) groups is 1. The van der Waals surface area contributed by atoms with Gasteiger partial charge >= 0.3 is 0 Å². The van der Waals surface area contributed by atoms with Gasteiger partial charge in [0.15, 0.2) is 15.8 Å². The molecule has 2 aromatic rings. The molecular formula is C18H26N4O3S2. The summed E-state index contributed by atoms with van der Waals surface area (Å²) in [6.07, 6.45) is 1.19. The molecule has 7 nitrogen and oxygen atoms in total. The molecule has 1 aromatic carbocycles. The molecule has 27 heavy (non-hydrogen) atoms. The van der Waals surface area contributed by atoms with E-state index in [1.165, 1.54) is 6.26 Å². The van der Waals surface area contributed by atoms with Gasteiger partial charge in [-0.3, -0.25) is 4.99 Å². The lowest BCUT2D eigenvalue weighted by atomic mass is 10.2. The predicted octanol–water partition coefficient (Wildman–Crippen LogP) is 2.46. The standard InChI is InChI=1S/C18H26N4O3S2/c1-13(25-4)17-21-15(12-26-17)11-22(3)18(19-2)20-10-14-6-8-16(9-7-14)27(5,23)24/h6-9,12-13H,10-11H2,1-5H3,(H,19,20). The van der Waals surface area contributed by atoms with Crippen LogP contribution in [0.5, 0.6) is 0 Å². The van der Waals surface area contributed by atoms with Crippen molar-refractivity contribution in [1.29, 1.82) is 0 Å². The number of hydrogen-bond acceptors (Lipinski definition) is 6. The van der Waals surface area contributed by atoms with Crippen molar-refractivity contribution in [3.63, 3.8) is 0 Å². The molecule has 1 atom stereocenters. The monoisotopic (exact) mass is 410 g/mol. The molecule has 0 amide bonds. The SMILES string of the molecule is CN=C(NCc1ccc(S(C)(=O)=O)cc1)N(C)Cc1csc(C(C)OC)n1. The second kappa shape index (κ2) is 9.29. The minimum absolute atomic E-state index is 0.0126. The van der Waals surface area contributed by atoms with Gasteiger partial charge in [0.25, 0.3) is 0 Å². The van der Waals surface area contributed by atoms with E-state index in [0.717, 1.165) is 22.2 Å². The summed E-state index contributed by atoms with van der Waals surface area (Å²) in [7, 11) is 2.17. The van der Waals surface area contributed by atoms with Crippen LogP contribution in [-0.2, 0) is 27.7 Å². The number of rotatable bonds is 7. The van der Waals surface area contributed by atoms with Crippen LogP contribution in [0.4, 0.5) is 0 Å². The third kappa shape index (κ3) is 6.02. The van der Waals surface area contributed by atoms with Crippen LogP contribution in [-0.4, -0.2) is 51.7 Å². The van der Waals surface area contributed by atoms with Crippen molar-refractivity contribution in [3.05, 3.63) is 45.9 Å². The Morgan fingerprint density at radius 1 is 1.37 bits per heavy atom. The molecule has 0 radical (unpaired) electrons. The van der Waals surface area contributed by atoms with Gasteiger partial charge in [-0.2, -0.15) is 0 Å². The first-order valence-electron chi connectivity index (χ1n) is 8.42. The molecule has 0 aliphatic heterocycles. The maximum absolute atomic E-state index is 11.5. The Kier molecular flexibility index (Phi) is 7.34. The number of methoxy groups -OCH3 is 1. The lowest BCUT2D eigenvalue weighted by Gasteiger charge is -2.21. The number of hydrogen-bond donors (Lipinski definition) is 1. The minimum Gasteiger partial charge on any atom is -0.375 e. The number of thiazole rings is 1. The molecule has 148 valence electrons. The summed E-state index contributed by atoms with van der Waals surface area (Å²) in [6.45, 7) is 3.14. The highest BCUT2D eigenvalue weighted by atomic mass is 32.2. The molecule has 1 unspecified atom stereocenters. The van der Waals surface area contributed by atoms with Crippen LogP contribution in [0, 0.1) is 0 Å². The average molecular weight is 411 g/mol. The highest BCUT2D eigenvalue weighted by Crippen LogP contribution is 2.21. The van der Waals surface area contributed by atoms with Crippen molar-refractivity contribution in [2.75, 3.05) is 27.5 Å². The van der Waals surface area contributed by atoms with Gasteiger partial charge in [-0.15, -0.1) is 11.3 Å². The van der Waals surface area contributed by atoms with E-state index in [1.807, 2.05) is 24.3 Å². The van der Waals surface area contributed by atoms with Gasteiger partial charge in [0.1, 0.15) is 11.1 Å². The third-order valence-corrected chi connectivity index (χ3v) is 6.23. The number of sulfone groups is 1. The summed E-state index contributed by atoms with van der Waals surface area (Å²) in [5, 5.41) is 6.26. The highest BCUT2D eigenvalue weighted by molar-refractivity contribution is 7.90. The molecule has 1 heterocycles. The topological polar surface area (TPSA) is 83.9 Å². The summed E-state index contributed by atoms with van der Waals surface area (Å²) in [4.78, 5) is 11.2. The number of guanidine groups is 1. The van der Waals surface area contributed by atoms with Gasteiger partial charge in [-0.1, -0.05) is 12.1 Å². The maximum Gasteiger partial charge on any atom is 0.194 e. The first kappa shape index (κ1) is 21.3. The second-order valence-corrected chi connectivity index (χ2v) is 9.13. The zero-order valence-electron chi connectivity index (χ0n) is 16.3. The number of aromatic nitrogens is 1. The van der Waals surface area contributed by atoms with Gasteiger partial charge in [0.05, 0.1) is 17.1 Å². The van der Waals surface area contributed by atoms with E-state index in [9.17, 15) is 8.42 Å². The minimum atomic E-state index is -3.18. The van der Waals surface area contributed by atoms with E-state index in [2.05, 4.69) is 15.3 Å². The Morgan fingerprint density at radius 3 is 2.59 bits per heavy atom. The Labute approximate surface area is 165 Å². The molecule has 1 aromatic heterocycles. The molecule has 0 saturated carbocycles. The Balaban J connectivity index is 1.95. The van der Waals surface area contributed by atoms with Crippen LogP contribution in [0.1, 0.15) is 29.3 Å². The normalized spacial score (nSPS) is 13.4. The van der Waals surface area contributed by atoms with Gasteiger partial charge in [-0.05, 0) is 24.6 Å². The van der Waals surface area contributed by atoms with Gasteiger partial charge in [0, 0.05) is 39.4 Å². The lowest BCUT2D eigenvalue weighted by molar-refractivity contribution is 0.119. The van der Waals surface area contributed by atoms with Crippen LogP contribution >= 0.6 is 11.3 Å². The molecular weight excluding hydrogens is 384 g/mol. The van der Waals surface area contributed by atoms with Crippen LogP contribution in [0.25, 0.3) is 0 Å². The maximum atomic E-state index is 11.5. The molecule has 0 aliphatic carbocycles. The first-order valence-corrected chi connectivity index (χ1v) is 11.2. The Hall–Kier alpha value is -1.97. The fourth-order valence-electron chi connectivity index (χ4n) is 2.42. The number of ether oxygens (including phenoxy) is 1. The molecule has 0 aliphatic rings. The van der Waals surface area contributed by atoms with E-state index < -0.39 is 9.84 Å². The van der Waals surface area contributed by atoms with Crippen molar-refractivity contribution in [1.82, 2.24) is 15.2 Å². The second-order valence-electron chi connectivity index (χ2n) is 6.23. The third-order valence-electron chi connectivity index (χ3n) is 4.05. The molecule has 0 bridgehead atoms. The van der Waals surface area contributed by atoms with Crippen LogP contribution in [0.15, 0.2) is 39.5 Å². The largest absolute Gasteiger partial charge is 0.375 e. The van der Waals surface area contributed by atoms with E-state index >= 15 is 0 Å². The summed E-state index contributed by atoms with van der Waals surface area (Å²) >= 11 is 1.58. The molecule has 2 rings (SSSR count). The Bertz CT molecular complexity index is 876. The molecule has 0 spiro atoms. The van der Waals surface area contributed by atoms with Crippen molar-refractivity contribution >= 4 is 27.1 Å². The van der Waals surface area contributed by atoms with Gasteiger partial charge < -0.3 is 15.0 Å². The quantitative estimate of drug-likeness (QED) is 0.558.